The SMILES string of the molecule is CCNC(=NCC1(C)CCCCC1O)NC1CCN(C(=O)OC)CC1. The van der Waals surface area contributed by atoms with Gasteiger partial charge in [-0.3, -0.25) is 4.99 Å². The van der Waals surface area contributed by atoms with Crippen molar-refractivity contribution in [2.75, 3.05) is 33.3 Å². The summed E-state index contributed by atoms with van der Waals surface area (Å²) in [5.74, 6) is 0.804. The minimum absolute atomic E-state index is 0.130. The summed E-state index contributed by atoms with van der Waals surface area (Å²) in [5.41, 5.74) is -0.130. The average Bonchev–Trinajstić information content (AvgIpc) is 2.62. The number of amides is 1. The molecular formula is C18H34N4O3. The lowest BCUT2D eigenvalue weighted by atomic mass is 9.73. The van der Waals surface area contributed by atoms with Gasteiger partial charge in [-0.2, -0.15) is 0 Å². The molecule has 0 aromatic heterocycles. The average molecular weight is 354 g/mol. The Bertz CT molecular complexity index is 463. The highest BCUT2D eigenvalue weighted by Crippen LogP contribution is 2.36. The van der Waals surface area contributed by atoms with Gasteiger partial charge in [0.2, 0.25) is 0 Å². The molecule has 0 aromatic rings. The number of rotatable bonds is 4. The number of nitrogens with one attached hydrogen (secondary N) is 2. The van der Waals surface area contributed by atoms with Crippen LogP contribution in [0.4, 0.5) is 4.79 Å². The Morgan fingerprint density at radius 3 is 2.64 bits per heavy atom. The van der Waals surface area contributed by atoms with Crippen molar-refractivity contribution in [3.05, 3.63) is 0 Å². The van der Waals surface area contributed by atoms with Crippen LogP contribution < -0.4 is 10.6 Å². The molecule has 2 fully saturated rings. The van der Waals surface area contributed by atoms with E-state index in [2.05, 4.69) is 17.6 Å². The van der Waals surface area contributed by atoms with Gasteiger partial charge in [0.1, 0.15) is 0 Å². The Balaban J connectivity index is 1.89. The molecule has 0 aromatic carbocycles. The van der Waals surface area contributed by atoms with Crippen molar-refractivity contribution in [3.8, 4) is 0 Å². The molecule has 2 rings (SSSR count). The molecule has 0 radical (unpaired) electrons. The highest BCUT2D eigenvalue weighted by molar-refractivity contribution is 5.80. The maximum Gasteiger partial charge on any atom is 0.409 e. The number of aliphatic hydroxyl groups is 1. The predicted molar refractivity (Wildman–Crippen MR) is 98.7 cm³/mol. The Morgan fingerprint density at radius 1 is 1.32 bits per heavy atom. The number of carbonyl (C=O) groups excluding carboxylic acids is 1. The smallest absolute Gasteiger partial charge is 0.409 e. The number of aliphatic imine (C=N–C) groups is 1. The van der Waals surface area contributed by atoms with E-state index in [1.807, 2.05) is 6.92 Å². The van der Waals surface area contributed by atoms with Gasteiger partial charge in [0.05, 0.1) is 19.8 Å². The largest absolute Gasteiger partial charge is 0.453 e. The number of ether oxygens (including phenoxy) is 1. The van der Waals surface area contributed by atoms with Crippen LogP contribution >= 0.6 is 0 Å². The highest BCUT2D eigenvalue weighted by Gasteiger charge is 2.35. The second-order valence-corrected chi connectivity index (χ2v) is 7.49. The van der Waals surface area contributed by atoms with E-state index in [1.54, 1.807) is 4.90 Å². The quantitative estimate of drug-likeness (QED) is 0.529. The summed E-state index contributed by atoms with van der Waals surface area (Å²) < 4.78 is 4.78. The standard InChI is InChI=1S/C18H34N4O3/c1-4-19-16(20-13-18(2)10-6-5-7-15(18)23)21-14-8-11-22(12-9-14)17(24)25-3/h14-15,23H,4-13H2,1-3H3,(H2,19,20,21). The van der Waals surface area contributed by atoms with Crippen LogP contribution in [0.1, 0.15) is 52.4 Å². The fourth-order valence-electron chi connectivity index (χ4n) is 3.67. The van der Waals surface area contributed by atoms with E-state index >= 15 is 0 Å². The molecule has 144 valence electrons. The predicted octanol–water partition coefficient (Wildman–Crippen LogP) is 1.71. The first kappa shape index (κ1) is 19.8. The van der Waals surface area contributed by atoms with Gasteiger partial charge in [0.15, 0.2) is 5.96 Å². The van der Waals surface area contributed by atoms with Crippen molar-refractivity contribution < 1.29 is 14.6 Å². The molecule has 1 heterocycles. The van der Waals surface area contributed by atoms with Gasteiger partial charge in [0, 0.05) is 31.1 Å². The lowest BCUT2D eigenvalue weighted by molar-refractivity contribution is 0.00715. The zero-order valence-corrected chi connectivity index (χ0v) is 15.9. The lowest BCUT2D eigenvalue weighted by Crippen LogP contribution is -2.50. The van der Waals surface area contributed by atoms with E-state index < -0.39 is 0 Å². The maximum atomic E-state index is 11.6. The third kappa shape index (κ3) is 5.49. The van der Waals surface area contributed by atoms with E-state index in [1.165, 1.54) is 13.5 Å². The van der Waals surface area contributed by atoms with Crippen molar-refractivity contribution >= 4 is 12.1 Å². The molecule has 2 aliphatic rings. The molecule has 0 spiro atoms. The molecule has 7 heteroatoms. The second kappa shape index (κ2) is 9.27. The molecular weight excluding hydrogens is 320 g/mol. The lowest BCUT2D eigenvalue weighted by Gasteiger charge is -2.37. The van der Waals surface area contributed by atoms with Crippen LogP contribution in [0.3, 0.4) is 0 Å². The number of guanidine groups is 1. The fraction of sp³-hybridized carbons (Fsp3) is 0.889. The van der Waals surface area contributed by atoms with Gasteiger partial charge in [-0.05, 0) is 32.6 Å². The van der Waals surface area contributed by atoms with Gasteiger partial charge in [-0.1, -0.05) is 19.8 Å². The van der Waals surface area contributed by atoms with Crippen LogP contribution in [0.25, 0.3) is 0 Å². The number of likely N-dealkylation sites (tertiary alicyclic amines) is 1. The maximum absolute atomic E-state index is 11.6. The summed E-state index contributed by atoms with van der Waals surface area (Å²) in [7, 11) is 1.42. The van der Waals surface area contributed by atoms with Crippen LogP contribution in [-0.2, 0) is 4.74 Å². The Morgan fingerprint density at radius 2 is 2.04 bits per heavy atom. The zero-order chi connectivity index (χ0) is 18.3. The summed E-state index contributed by atoms with van der Waals surface area (Å²) in [5, 5.41) is 17.1. The molecule has 25 heavy (non-hydrogen) atoms. The first-order chi connectivity index (χ1) is 12.0. The molecule has 3 N–H and O–H groups in total. The van der Waals surface area contributed by atoms with Gasteiger partial charge in [0.25, 0.3) is 0 Å². The summed E-state index contributed by atoms with van der Waals surface area (Å²) >= 11 is 0. The Kier molecular flexibility index (Phi) is 7.35. The van der Waals surface area contributed by atoms with Crippen LogP contribution in [0.15, 0.2) is 4.99 Å². The van der Waals surface area contributed by atoms with Crippen LogP contribution in [0.2, 0.25) is 0 Å². The highest BCUT2D eigenvalue weighted by atomic mass is 16.5. The molecule has 2 unspecified atom stereocenters. The summed E-state index contributed by atoms with van der Waals surface area (Å²) in [6.07, 6.45) is 5.40. The topological polar surface area (TPSA) is 86.2 Å². The first-order valence-electron chi connectivity index (χ1n) is 9.54. The number of piperidine rings is 1. The molecule has 1 saturated carbocycles. The van der Waals surface area contributed by atoms with E-state index in [-0.39, 0.29) is 17.6 Å². The third-order valence-electron chi connectivity index (χ3n) is 5.49. The van der Waals surface area contributed by atoms with Crippen molar-refractivity contribution in [3.63, 3.8) is 0 Å². The fourth-order valence-corrected chi connectivity index (χ4v) is 3.67. The van der Waals surface area contributed by atoms with E-state index in [4.69, 9.17) is 9.73 Å². The number of hydrogen-bond donors (Lipinski definition) is 3. The normalized spacial score (nSPS) is 28.6. The van der Waals surface area contributed by atoms with Gasteiger partial charge >= 0.3 is 6.09 Å². The Hall–Kier alpha value is -1.50. The van der Waals surface area contributed by atoms with E-state index in [9.17, 15) is 9.90 Å². The molecule has 1 saturated heterocycles. The number of methoxy groups -OCH3 is 1. The number of aliphatic hydroxyl groups excluding tert-OH is 1. The Labute approximate surface area is 151 Å². The number of carbonyl (C=O) groups is 1. The number of hydrogen-bond acceptors (Lipinski definition) is 4. The van der Waals surface area contributed by atoms with E-state index in [0.29, 0.717) is 25.7 Å². The molecule has 1 amide bonds. The number of nitrogens with zero attached hydrogens (tertiary/aromatic N) is 2. The first-order valence-corrected chi connectivity index (χ1v) is 9.54. The van der Waals surface area contributed by atoms with Crippen LogP contribution in [-0.4, -0.2) is 67.5 Å². The molecule has 0 bridgehead atoms. The summed E-state index contributed by atoms with van der Waals surface area (Å²) in [6, 6.07) is 0.294. The van der Waals surface area contributed by atoms with Gasteiger partial charge < -0.3 is 25.4 Å². The monoisotopic (exact) mass is 354 g/mol. The second-order valence-electron chi connectivity index (χ2n) is 7.49. The van der Waals surface area contributed by atoms with Crippen LogP contribution in [0.5, 0.6) is 0 Å². The van der Waals surface area contributed by atoms with Crippen molar-refractivity contribution in [2.24, 2.45) is 10.4 Å². The van der Waals surface area contributed by atoms with Crippen molar-refractivity contribution in [1.29, 1.82) is 0 Å². The van der Waals surface area contributed by atoms with E-state index in [0.717, 1.165) is 44.6 Å². The zero-order valence-electron chi connectivity index (χ0n) is 15.9. The van der Waals surface area contributed by atoms with Crippen molar-refractivity contribution in [1.82, 2.24) is 15.5 Å². The van der Waals surface area contributed by atoms with Crippen LogP contribution in [0, 0.1) is 5.41 Å². The molecule has 7 nitrogen and oxygen atoms in total. The minimum Gasteiger partial charge on any atom is -0.453 e. The van der Waals surface area contributed by atoms with Gasteiger partial charge in [-0.25, -0.2) is 4.79 Å². The summed E-state index contributed by atoms with van der Waals surface area (Å²) in [4.78, 5) is 18.1. The minimum atomic E-state index is -0.267. The third-order valence-corrected chi connectivity index (χ3v) is 5.49. The van der Waals surface area contributed by atoms with Crippen molar-refractivity contribution in [2.45, 2.75) is 64.5 Å². The molecule has 1 aliphatic carbocycles. The molecule has 1 aliphatic heterocycles. The summed E-state index contributed by atoms with van der Waals surface area (Å²) in [6.45, 7) is 7.00. The molecule has 2 atom stereocenters. The van der Waals surface area contributed by atoms with Gasteiger partial charge in [-0.15, -0.1) is 0 Å².